The Morgan fingerprint density at radius 3 is 3.06 bits per heavy atom. The molecule has 1 aliphatic heterocycles. The molecular weight excluding hydrogens is 232 g/mol. The summed E-state index contributed by atoms with van der Waals surface area (Å²) in [5.41, 5.74) is 6.04. The highest BCUT2D eigenvalue weighted by Gasteiger charge is 2.30. The van der Waals surface area contributed by atoms with E-state index in [1.165, 1.54) is 6.07 Å². The molecule has 0 aliphatic carbocycles. The van der Waals surface area contributed by atoms with Crippen LogP contribution in [0.5, 0.6) is 0 Å². The van der Waals surface area contributed by atoms with Crippen molar-refractivity contribution in [3.8, 4) is 0 Å². The minimum absolute atomic E-state index is 0.0214. The van der Waals surface area contributed by atoms with Crippen LogP contribution in [0.1, 0.15) is 26.2 Å². The zero-order valence-electron chi connectivity index (χ0n) is 10.5. The van der Waals surface area contributed by atoms with E-state index in [1.807, 2.05) is 11.8 Å². The second kappa shape index (κ2) is 5.30. The summed E-state index contributed by atoms with van der Waals surface area (Å²) in [4.78, 5) is 16.8. The number of nitro groups is 1. The zero-order valence-corrected chi connectivity index (χ0v) is 10.5. The first-order valence-electron chi connectivity index (χ1n) is 6.23. The van der Waals surface area contributed by atoms with Crippen molar-refractivity contribution in [3.05, 3.63) is 28.4 Å². The Labute approximate surface area is 106 Å². The van der Waals surface area contributed by atoms with E-state index < -0.39 is 0 Å². The first kappa shape index (κ1) is 12.8. The lowest BCUT2D eigenvalue weighted by molar-refractivity contribution is -0.384. The van der Waals surface area contributed by atoms with Crippen molar-refractivity contribution >= 4 is 11.5 Å². The molecule has 1 aromatic heterocycles. The van der Waals surface area contributed by atoms with Crippen molar-refractivity contribution in [2.24, 2.45) is 5.73 Å². The van der Waals surface area contributed by atoms with Crippen LogP contribution in [0.15, 0.2) is 18.3 Å². The fourth-order valence-electron chi connectivity index (χ4n) is 2.52. The van der Waals surface area contributed by atoms with Gasteiger partial charge >= 0.3 is 5.69 Å². The molecule has 1 fully saturated rings. The van der Waals surface area contributed by atoms with E-state index in [-0.39, 0.29) is 22.7 Å². The maximum Gasteiger partial charge on any atom is 0.311 e. The van der Waals surface area contributed by atoms with Gasteiger partial charge in [-0.3, -0.25) is 10.1 Å². The molecule has 6 heteroatoms. The summed E-state index contributed by atoms with van der Waals surface area (Å²) < 4.78 is 0. The number of rotatable bonds is 3. The third-order valence-electron chi connectivity index (χ3n) is 3.39. The van der Waals surface area contributed by atoms with Crippen LogP contribution < -0.4 is 10.6 Å². The van der Waals surface area contributed by atoms with Crippen molar-refractivity contribution < 1.29 is 4.92 Å². The molecule has 98 valence electrons. The van der Waals surface area contributed by atoms with Crippen molar-refractivity contribution in [1.82, 2.24) is 4.98 Å². The minimum Gasteiger partial charge on any atom is -0.346 e. The highest BCUT2D eigenvalue weighted by Crippen LogP contribution is 2.31. The Balaban J connectivity index is 2.36. The molecule has 0 saturated carbocycles. The Bertz CT molecular complexity index is 436. The van der Waals surface area contributed by atoms with Crippen molar-refractivity contribution in [3.63, 3.8) is 0 Å². The van der Waals surface area contributed by atoms with Gasteiger partial charge in [0.25, 0.3) is 0 Å². The predicted molar refractivity (Wildman–Crippen MR) is 69.5 cm³/mol. The number of aromatic nitrogens is 1. The summed E-state index contributed by atoms with van der Waals surface area (Å²) in [7, 11) is 0. The molecule has 2 unspecified atom stereocenters. The van der Waals surface area contributed by atoms with Crippen LogP contribution in [0.3, 0.4) is 0 Å². The van der Waals surface area contributed by atoms with Crippen LogP contribution in [-0.4, -0.2) is 28.5 Å². The van der Waals surface area contributed by atoms with Gasteiger partial charge in [-0.15, -0.1) is 0 Å². The van der Waals surface area contributed by atoms with Gasteiger partial charge in [0.15, 0.2) is 0 Å². The molecule has 1 saturated heterocycles. The second-order valence-electron chi connectivity index (χ2n) is 4.72. The van der Waals surface area contributed by atoms with Crippen LogP contribution in [0, 0.1) is 10.1 Å². The Morgan fingerprint density at radius 2 is 2.39 bits per heavy atom. The molecule has 0 amide bonds. The fourth-order valence-corrected chi connectivity index (χ4v) is 2.52. The van der Waals surface area contributed by atoms with Crippen molar-refractivity contribution in [2.45, 2.75) is 38.3 Å². The van der Waals surface area contributed by atoms with Crippen LogP contribution in [0.2, 0.25) is 0 Å². The number of hydrogen-bond donors (Lipinski definition) is 1. The van der Waals surface area contributed by atoms with E-state index in [1.54, 1.807) is 12.3 Å². The molecule has 2 heterocycles. The van der Waals surface area contributed by atoms with Crippen LogP contribution >= 0.6 is 0 Å². The van der Waals surface area contributed by atoms with E-state index in [0.717, 1.165) is 25.8 Å². The average Bonchev–Trinajstić information content (AvgIpc) is 2.38. The highest BCUT2D eigenvalue weighted by atomic mass is 16.6. The number of pyridine rings is 1. The zero-order chi connectivity index (χ0) is 13.1. The van der Waals surface area contributed by atoms with Gasteiger partial charge in [-0.2, -0.15) is 0 Å². The van der Waals surface area contributed by atoms with Crippen LogP contribution in [0.4, 0.5) is 11.5 Å². The second-order valence-corrected chi connectivity index (χ2v) is 4.72. The number of piperidine rings is 1. The summed E-state index contributed by atoms with van der Waals surface area (Å²) >= 11 is 0. The lowest BCUT2D eigenvalue weighted by Gasteiger charge is -2.38. The van der Waals surface area contributed by atoms with Crippen LogP contribution in [-0.2, 0) is 0 Å². The summed E-state index contributed by atoms with van der Waals surface area (Å²) in [5, 5.41) is 11.0. The molecule has 2 N–H and O–H groups in total. The number of nitrogens with two attached hydrogens (primary N) is 1. The number of nitrogens with zero attached hydrogens (tertiary/aromatic N) is 3. The molecular formula is C12H18N4O2. The summed E-state index contributed by atoms with van der Waals surface area (Å²) in [6.07, 6.45) is 4.70. The Kier molecular flexibility index (Phi) is 3.76. The molecule has 0 radical (unpaired) electrons. The van der Waals surface area contributed by atoms with Gasteiger partial charge in [-0.25, -0.2) is 4.98 Å². The SMILES string of the molecule is CC(N)C1CCCCN1c1ncccc1[N+](=O)[O-]. The normalized spacial score (nSPS) is 21.7. The van der Waals surface area contributed by atoms with E-state index in [4.69, 9.17) is 5.73 Å². The van der Waals surface area contributed by atoms with Crippen molar-refractivity contribution in [2.75, 3.05) is 11.4 Å². The molecule has 0 spiro atoms. The number of hydrogen-bond acceptors (Lipinski definition) is 5. The van der Waals surface area contributed by atoms with Crippen LogP contribution in [0.25, 0.3) is 0 Å². The number of anilines is 1. The summed E-state index contributed by atoms with van der Waals surface area (Å²) in [6.45, 7) is 2.72. The Hall–Kier alpha value is -1.69. The standard InChI is InChI=1S/C12H18N4O2/c1-9(13)10-5-2-3-8-15(10)12-11(16(17)18)6-4-7-14-12/h4,6-7,9-10H,2-3,5,8,13H2,1H3. The quantitative estimate of drug-likeness (QED) is 0.651. The van der Waals surface area contributed by atoms with E-state index in [0.29, 0.717) is 5.82 Å². The first-order chi connectivity index (χ1) is 8.61. The summed E-state index contributed by atoms with van der Waals surface area (Å²) in [5.74, 6) is 0.449. The van der Waals surface area contributed by atoms with Gasteiger partial charge in [0.2, 0.25) is 5.82 Å². The third kappa shape index (κ3) is 2.43. The lowest BCUT2D eigenvalue weighted by atomic mass is 9.97. The maximum atomic E-state index is 11.0. The summed E-state index contributed by atoms with van der Waals surface area (Å²) in [6, 6.07) is 3.20. The van der Waals surface area contributed by atoms with Crippen molar-refractivity contribution in [1.29, 1.82) is 0 Å². The van der Waals surface area contributed by atoms with Gasteiger partial charge in [0.1, 0.15) is 0 Å². The average molecular weight is 250 g/mol. The molecule has 6 nitrogen and oxygen atoms in total. The van der Waals surface area contributed by atoms with Gasteiger partial charge in [0.05, 0.1) is 4.92 Å². The minimum atomic E-state index is -0.380. The topological polar surface area (TPSA) is 85.3 Å². The first-order valence-corrected chi connectivity index (χ1v) is 6.23. The monoisotopic (exact) mass is 250 g/mol. The molecule has 2 atom stereocenters. The molecule has 2 rings (SSSR count). The molecule has 1 aliphatic rings. The van der Waals surface area contributed by atoms with E-state index in [9.17, 15) is 10.1 Å². The van der Waals surface area contributed by atoms with Gasteiger partial charge in [-0.1, -0.05) is 0 Å². The van der Waals surface area contributed by atoms with E-state index >= 15 is 0 Å². The molecule has 0 bridgehead atoms. The largest absolute Gasteiger partial charge is 0.346 e. The molecule has 0 aromatic carbocycles. The fraction of sp³-hybridized carbons (Fsp3) is 0.583. The lowest BCUT2D eigenvalue weighted by Crippen LogP contribution is -2.49. The van der Waals surface area contributed by atoms with Gasteiger partial charge < -0.3 is 10.6 Å². The van der Waals surface area contributed by atoms with E-state index in [2.05, 4.69) is 4.98 Å². The molecule has 18 heavy (non-hydrogen) atoms. The maximum absolute atomic E-state index is 11.0. The molecule has 1 aromatic rings. The van der Waals surface area contributed by atoms with Gasteiger partial charge in [0, 0.05) is 30.9 Å². The third-order valence-corrected chi connectivity index (χ3v) is 3.39. The Morgan fingerprint density at radius 1 is 1.61 bits per heavy atom. The predicted octanol–water partition coefficient (Wildman–Crippen LogP) is 1.70. The smallest absolute Gasteiger partial charge is 0.311 e. The highest BCUT2D eigenvalue weighted by molar-refractivity contribution is 5.58. The van der Waals surface area contributed by atoms with Gasteiger partial charge in [-0.05, 0) is 32.3 Å².